The fraction of sp³-hybridized carbons (Fsp3) is 0.414. The van der Waals surface area contributed by atoms with Gasteiger partial charge in [0.1, 0.15) is 0 Å². The van der Waals surface area contributed by atoms with Gasteiger partial charge in [0.15, 0.2) is 11.4 Å². The van der Waals surface area contributed by atoms with Crippen LogP contribution in [0.25, 0.3) is 0 Å². The van der Waals surface area contributed by atoms with Crippen LogP contribution in [-0.4, -0.2) is 43.5 Å². The molecule has 1 aliphatic heterocycles. The summed E-state index contributed by atoms with van der Waals surface area (Å²) in [5, 5.41) is 22.0. The van der Waals surface area contributed by atoms with Crippen molar-refractivity contribution in [3.05, 3.63) is 77.6 Å². The number of aromatic nitrogens is 2. The summed E-state index contributed by atoms with van der Waals surface area (Å²) in [6.45, 7) is -0.0126. The van der Waals surface area contributed by atoms with E-state index in [0.29, 0.717) is 43.5 Å². The van der Waals surface area contributed by atoms with Gasteiger partial charge in [0, 0.05) is 55.7 Å². The highest BCUT2D eigenvalue weighted by Gasteiger charge is 2.32. The maximum atomic E-state index is 12.4. The lowest BCUT2D eigenvalue weighted by Crippen LogP contribution is -2.31. The molecule has 9 nitrogen and oxygen atoms in total. The lowest BCUT2D eigenvalue weighted by molar-refractivity contribution is -0.245. The van der Waals surface area contributed by atoms with E-state index in [1.165, 1.54) is 0 Å². The molecule has 1 aromatic heterocycles. The van der Waals surface area contributed by atoms with Gasteiger partial charge >= 0.3 is 5.97 Å². The topological polar surface area (TPSA) is 123 Å². The molecule has 3 aromatic rings. The molecule has 4 rings (SSSR count). The van der Waals surface area contributed by atoms with Crippen LogP contribution in [0.4, 0.5) is 5.69 Å². The summed E-state index contributed by atoms with van der Waals surface area (Å²) >= 11 is 1.63. The number of anilines is 1. The number of unbranched alkanes of at least 4 members (excludes halogenated alkanes) is 2. The number of aliphatic hydroxyl groups excluding tert-OH is 1. The summed E-state index contributed by atoms with van der Waals surface area (Å²) < 4.78 is 14.8. The molecule has 0 radical (unpaired) electrons. The summed E-state index contributed by atoms with van der Waals surface area (Å²) in [6, 6.07) is 15.2. The Bertz CT molecular complexity index is 1230. The zero-order valence-electron chi connectivity index (χ0n) is 22.0. The van der Waals surface area contributed by atoms with Crippen molar-refractivity contribution in [2.45, 2.75) is 68.8 Å². The molecule has 1 fully saturated rings. The summed E-state index contributed by atoms with van der Waals surface area (Å²) in [7, 11) is 1.96. The smallest absolute Gasteiger partial charge is 0.303 e. The van der Waals surface area contributed by atoms with Crippen LogP contribution in [0.15, 0.2) is 66.1 Å². The predicted octanol–water partition coefficient (Wildman–Crippen LogP) is 5.22. The fourth-order valence-corrected chi connectivity index (χ4v) is 5.36. The average molecular weight is 554 g/mol. The minimum absolute atomic E-state index is 0.0126. The van der Waals surface area contributed by atoms with Crippen molar-refractivity contribution < 1.29 is 29.3 Å². The molecule has 2 aromatic carbocycles. The number of aryl methyl sites for hydroxylation is 1. The van der Waals surface area contributed by atoms with Crippen LogP contribution in [-0.2, 0) is 32.7 Å². The Balaban J connectivity index is 1.43. The number of nitrogens with one attached hydrogen (secondary N) is 1. The van der Waals surface area contributed by atoms with Crippen LogP contribution in [0.2, 0.25) is 0 Å². The van der Waals surface area contributed by atoms with Crippen molar-refractivity contribution in [3.63, 3.8) is 0 Å². The number of amides is 1. The number of imidazole rings is 1. The number of carboxylic acid groups (broad SMARTS) is 1. The number of aliphatic carboxylic acids is 1. The fourth-order valence-electron chi connectivity index (χ4n) is 4.41. The van der Waals surface area contributed by atoms with E-state index in [0.717, 1.165) is 21.8 Å². The molecule has 3 N–H and O–H groups in total. The summed E-state index contributed by atoms with van der Waals surface area (Å²) in [4.78, 5) is 27.5. The van der Waals surface area contributed by atoms with Crippen LogP contribution in [0.1, 0.15) is 67.6 Å². The summed E-state index contributed by atoms with van der Waals surface area (Å²) in [5.41, 5.74) is 3.32. The van der Waals surface area contributed by atoms with Gasteiger partial charge in [-0.15, -0.1) is 0 Å². The van der Waals surface area contributed by atoms with E-state index in [1.807, 2.05) is 66.3 Å². The Labute approximate surface area is 232 Å². The molecule has 208 valence electrons. The lowest BCUT2D eigenvalue weighted by Gasteiger charge is -2.36. The molecule has 39 heavy (non-hydrogen) atoms. The molecular weight excluding hydrogens is 518 g/mol. The molecule has 10 heteroatoms. The Morgan fingerprint density at radius 3 is 2.59 bits per heavy atom. The number of nitrogens with zero attached hydrogens (tertiary/aromatic N) is 2. The second kappa shape index (κ2) is 14.3. The van der Waals surface area contributed by atoms with Gasteiger partial charge in [-0.25, -0.2) is 4.98 Å². The lowest BCUT2D eigenvalue weighted by atomic mass is 10.0. The zero-order valence-corrected chi connectivity index (χ0v) is 22.8. The number of carboxylic acids is 1. The van der Waals surface area contributed by atoms with E-state index in [2.05, 4.69) is 10.3 Å². The standard InChI is InChI=1S/C29H35N3O6S/c1-32-15-14-30-29(32)39-19-24-17-25(21-12-10-20(18-33)11-13-21)38-28(37-24)22-6-5-7-23(16-22)31-26(34)8-3-2-4-9-27(35)36/h5-7,10-16,24-25,28,33H,2-4,8-9,17-19H2,1H3,(H,31,34)(H,35,36). The minimum Gasteiger partial charge on any atom is -0.481 e. The molecule has 0 saturated carbocycles. The average Bonchev–Trinajstić information content (AvgIpc) is 3.36. The first-order valence-corrected chi connectivity index (χ1v) is 14.1. The van der Waals surface area contributed by atoms with Gasteiger partial charge in [-0.2, -0.15) is 0 Å². The van der Waals surface area contributed by atoms with E-state index in [9.17, 15) is 14.7 Å². The number of hydrogen-bond donors (Lipinski definition) is 3. The van der Waals surface area contributed by atoms with Gasteiger partial charge in [0.2, 0.25) is 5.91 Å². The third-order valence-corrected chi connectivity index (χ3v) is 7.72. The van der Waals surface area contributed by atoms with Crippen LogP contribution in [0.3, 0.4) is 0 Å². The van der Waals surface area contributed by atoms with Crippen molar-refractivity contribution in [2.24, 2.45) is 7.05 Å². The Kier molecular flexibility index (Phi) is 10.5. The van der Waals surface area contributed by atoms with E-state index >= 15 is 0 Å². The van der Waals surface area contributed by atoms with Crippen LogP contribution in [0.5, 0.6) is 0 Å². The first-order chi connectivity index (χ1) is 18.9. The SMILES string of the molecule is Cn1ccnc1SCC1CC(c2ccc(CO)cc2)OC(c2cccc(NC(=O)CCCCCC(=O)O)c2)O1. The quantitative estimate of drug-likeness (QED) is 0.194. The first-order valence-electron chi connectivity index (χ1n) is 13.1. The Morgan fingerprint density at radius 1 is 1.08 bits per heavy atom. The van der Waals surface area contributed by atoms with E-state index in [-0.39, 0.29) is 31.1 Å². The van der Waals surface area contributed by atoms with Crippen LogP contribution >= 0.6 is 11.8 Å². The normalized spacial score (nSPS) is 19.1. The van der Waals surface area contributed by atoms with E-state index in [4.69, 9.17) is 14.6 Å². The van der Waals surface area contributed by atoms with Crippen molar-refractivity contribution in [1.82, 2.24) is 9.55 Å². The highest BCUT2D eigenvalue weighted by molar-refractivity contribution is 7.99. The van der Waals surface area contributed by atoms with Gasteiger partial charge in [0.05, 0.1) is 18.8 Å². The zero-order chi connectivity index (χ0) is 27.6. The summed E-state index contributed by atoms with van der Waals surface area (Å²) in [6.07, 6.45) is 5.79. The van der Waals surface area contributed by atoms with Crippen molar-refractivity contribution in [2.75, 3.05) is 11.1 Å². The van der Waals surface area contributed by atoms with Crippen molar-refractivity contribution in [1.29, 1.82) is 0 Å². The van der Waals surface area contributed by atoms with Crippen molar-refractivity contribution in [3.8, 4) is 0 Å². The number of ether oxygens (including phenoxy) is 2. The third-order valence-electron chi connectivity index (χ3n) is 6.53. The molecule has 0 spiro atoms. The molecule has 2 heterocycles. The Morgan fingerprint density at radius 2 is 1.87 bits per heavy atom. The van der Waals surface area contributed by atoms with Gasteiger partial charge in [-0.1, -0.05) is 54.6 Å². The molecule has 3 unspecified atom stereocenters. The minimum atomic E-state index is -0.815. The maximum absolute atomic E-state index is 12.4. The number of carbonyl (C=O) groups excluding carboxylic acids is 1. The molecular formula is C29H35N3O6S. The highest BCUT2D eigenvalue weighted by Crippen LogP contribution is 2.39. The number of hydrogen-bond acceptors (Lipinski definition) is 7. The molecule has 3 atom stereocenters. The number of thioether (sulfide) groups is 1. The van der Waals surface area contributed by atoms with Gasteiger partial charge < -0.3 is 29.6 Å². The van der Waals surface area contributed by atoms with Gasteiger partial charge in [-0.05, 0) is 36.1 Å². The molecule has 1 amide bonds. The van der Waals surface area contributed by atoms with Crippen molar-refractivity contribution >= 4 is 29.3 Å². The predicted molar refractivity (Wildman–Crippen MR) is 148 cm³/mol. The number of benzene rings is 2. The number of carbonyl (C=O) groups is 2. The second-order valence-corrected chi connectivity index (χ2v) is 10.6. The monoisotopic (exact) mass is 553 g/mol. The van der Waals surface area contributed by atoms with E-state index < -0.39 is 12.3 Å². The molecule has 1 saturated heterocycles. The largest absolute Gasteiger partial charge is 0.481 e. The van der Waals surface area contributed by atoms with E-state index in [1.54, 1.807) is 18.0 Å². The third kappa shape index (κ3) is 8.66. The highest BCUT2D eigenvalue weighted by atomic mass is 32.2. The molecule has 0 aliphatic carbocycles. The van der Waals surface area contributed by atoms with Gasteiger partial charge in [0.25, 0.3) is 0 Å². The van der Waals surface area contributed by atoms with Gasteiger partial charge in [-0.3, -0.25) is 9.59 Å². The van der Waals surface area contributed by atoms with Crippen LogP contribution < -0.4 is 5.32 Å². The summed E-state index contributed by atoms with van der Waals surface area (Å²) in [5.74, 6) is -0.224. The first kappa shape index (κ1) is 28.8. The Hall–Kier alpha value is -3.18. The van der Waals surface area contributed by atoms with Crippen LogP contribution in [0, 0.1) is 0 Å². The maximum Gasteiger partial charge on any atom is 0.303 e. The number of rotatable bonds is 13. The molecule has 1 aliphatic rings. The second-order valence-electron chi connectivity index (χ2n) is 9.61. The number of aliphatic hydroxyl groups is 1. The molecule has 0 bridgehead atoms.